The summed E-state index contributed by atoms with van der Waals surface area (Å²) in [4.78, 5) is 12.3. The van der Waals surface area contributed by atoms with E-state index in [1.165, 1.54) is 23.1 Å². The zero-order chi connectivity index (χ0) is 18.0. The molecular weight excluding hydrogens is 356 g/mol. The summed E-state index contributed by atoms with van der Waals surface area (Å²) in [6.07, 6.45) is 0. The average Bonchev–Trinajstić information content (AvgIpc) is 3.14. The first kappa shape index (κ1) is 17.6. The van der Waals surface area contributed by atoms with Crippen molar-refractivity contribution in [3.8, 4) is 11.4 Å². The fraction of sp³-hybridized carbons (Fsp3) is 0.312. The van der Waals surface area contributed by atoms with Crippen molar-refractivity contribution in [2.24, 2.45) is 7.05 Å². The SMILES string of the molecule is Cc1nnc(NC(=O)[C@H](C)Sc2nnc(-c3ccccc3C)n2C)s1. The van der Waals surface area contributed by atoms with Crippen molar-refractivity contribution in [2.75, 3.05) is 5.32 Å². The molecule has 0 fully saturated rings. The highest BCUT2D eigenvalue weighted by molar-refractivity contribution is 8.00. The van der Waals surface area contributed by atoms with Crippen LogP contribution in [0.15, 0.2) is 29.4 Å². The molecule has 25 heavy (non-hydrogen) atoms. The molecule has 1 aromatic carbocycles. The number of hydrogen-bond donors (Lipinski definition) is 1. The van der Waals surface area contributed by atoms with Crippen LogP contribution in [-0.4, -0.2) is 36.1 Å². The first-order chi connectivity index (χ1) is 12.0. The number of aromatic nitrogens is 5. The largest absolute Gasteiger partial charge is 0.305 e. The van der Waals surface area contributed by atoms with Gasteiger partial charge in [0.25, 0.3) is 0 Å². The predicted molar refractivity (Wildman–Crippen MR) is 99.8 cm³/mol. The maximum absolute atomic E-state index is 12.3. The van der Waals surface area contributed by atoms with E-state index in [-0.39, 0.29) is 11.2 Å². The lowest BCUT2D eigenvalue weighted by Crippen LogP contribution is -2.22. The number of rotatable bonds is 5. The van der Waals surface area contributed by atoms with Crippen molar-refractivity contribution in [1.82, 2.24) is 25.0 Å². The molecule has 1 N–H and O–H groups in total. The second-order valence-corrected chi connectivity index (χ2v) is 8.05. The van der Waals surface area contributed by atoms with Gasteiger partial charge in [-0.05, 0) is 26.3 Å². The number of amides is 1. The smallest absolute Gasteiger partial charge is 0.239 e. The molecular formula is C16H18N6OS2. The predicted octanol–water partition coefficient (Wildman–Crippen LogP) is 3.07. The quantitative estimate of drug-likeness (QED) is 0.691. The lowest BCUT2D eigenvalue weighted by atomic mass is 10.1. The van der Waals surface area contributed by atoms with Crippen LogP contribution in [0.25, 0.3) is 11.4 Å². The topological polar surface area (TPSA) is 85.6 Å². The summed E-state index contributed by atoms with van der Waals surface area (Å²) in [6, 6.07) is 8.02. The van der Waals surface area contributed by atoms with Crippen LogP contribution in [0.1, 0.15) is 17.5 Å². The molecule has 3 rings (SSSR count). The molecule has 1 atom stereocenters. The van der Waals surface area contributed by atoms with Crippen molar-refractivity contribution in [1.29, 1.82) is 0 Å². The van der Waals surface area contributed by atoms with E-state index >= 15 is 0 Å². The minimum atomic E-state index is -0.336. The molecule has 0 spiro atoms. The van der Waals surface area contributed by atoms with Gasteiger partial charge in [0.05, 0.1) is 5.25 Å². The van der Waals surface area contributed by atoms with Crippen LogP contribution >= 0.6 is 23.1 Å². The number of anilines is 1. The Bertz CT molecular complexity index is 904. The number of aryl methyl sites for hydroxylation is 2. The van der Waals surface area contributed by atoms with Crippen molar-refractivity contribution >= 4 is 34.1 Å². The number of benzene rings is 1. The second kappa shape index (κ2) is 7.32. The molecule has 3 aromatic rings. The molecule has 0 unspecified atom stereocenters. The van der Waals surface area contributed by atoms with Gasteiger partial charge in [-0.15, -0.1) is 20.4 Å². The van der Waals surface area contributed by atoms with Crippen LogP contribution in [0.3, 0.4) is 0 Å². The van der Waals surface area contributed by atoms with Crippen LogP contribution < -0.4 is 5.32 Å². The van der Waals surface area contributed by atoms with Gasteiger partial charge in [-0.1, -0.05) is 47.4 Å². The highest BCUT2D eigenvalue weighted by Crippen LogP contribution is 2.27. The number of hydrogen-bond acceptors (Lipinski definition) is 7. The van der Waals surface area contributed by atoms with Crippen molar-refractivity contribution in [2.45, 2.75) is 31.2 Å². The molecule has 0 aliphatic rings. The van der Waals surface area contributed by atoms with E-state index in [4.69, 9.17) is 0 Å². The first-order valence-corrected chi connectivity index (χ1v) is 9.38. The van der Waals surface area contributed by atoms with Gasteiger partial charge < -0.3 is 4.57 Å². The normalized spacial score (nSPS) is 12.2. The van der Waals surface area contributed by atoms with Gasteiger partial charge in [-0.25, -0.2) is 0 Å². The third-order valence-corrected chi connectivity index (χ3v) is 5.52. The first-order valence-electron chi connectivity index (χ1n) is 7.68. The molecule has 0 saturated heterocycles. The molecule has 2 aromatic heterocycles. The summed E-state index contributed by atoms with van der Waals surface area (Å²) in [5, 5.41) is 20.8. The highest BCUT2D eigenvalue weighted by atomic mass is 32.2. The molecule has 0 saturated carbocycles. The van der Waals surface area contributed by atoms with Gasteiger partial charge in [-0.3, -0.25) is 10.1 Å². The van der Waals surface area contributed by atoms with Gasteiger partial charge >= 0.3 is 0 Å². The maximum atomic E-state index is 12.3. The lowest BCUT2D eigenvalue weighted by Gasteiger charge is -2.10. The van der Waals surface area contributed by atoms with E-state index in [1.54, 1.807) is 0 Å². The number of nitrogens with zero attached hydrogens (tertiary/aromatic N) is 5. The summed E-state index contributed by atoms with van der Waals surface area (Å²) >= 11 is 2.71. The summed E-state index contributed by atoms with van der Waals surface area (Å²) in [5.41, 5.74) is 2.16. The Morgan fingerprint density at radius 3 is 2.64 bits per heavy atom. The minimum absolute atomic E-state index is 0.137. The lowest BCUT2D eigenvalue weighted by molar-refractivity contribution is -0.115. The van der Waals surface area contributed by atoms with Crippen molar-refractivity contribution < 1.29 is 4.79 Å². The highest BCUT2D eigenvalue weighted by Gasteiger charge is 2.20. The van der Waals surface area contributed by atoms with Gasteiger partial charge in [0.15, 0.2) is 11.0 Å². The van der Waals surface area contributed by atoms with Gasteiger partial charge in [0.1, 0.15) is 5.01 Å². The fourth-order valence-electron chi connectivity index (χ4n) is 2.24. The standard InChI is InChI=1S/C16H18N6OS2/c1-9-7-5-6-8-12(9)13-19-21-16(22(13)4)24-10(2)14(23)17-15-20-18-11(3)25-15/h5-8,10H,1-4H3,(H,17,20,23)/t10-/m0/s1. The van der Waals surface area contributed by atoms with Crippen LogP contribution in [0.5, 0.6) is 0 Å². The molecule has 0 aliphatic carbocycles. The molecule has 9 heteroatoms. The number of thioether (sulfide) groups is 1. The molecule has 0 radical (unpaired) electrons. The number of nitrogens with one attached hydrogen (secondary N) is 1. The van der Waals surface area contributed by atoms with Crippen molar-refractivity contribution in [3.63, 3.8) is 0 Å². The molecule has 7 nitrogen and oxygen atoms in total. The van der Waals surface area contributed by atoms with Crippen LogP contribution in [0.4, 0.5) is 5.13 Å². The average molecular weight is 374 g/mol. The zero-order valence-electron chi connectivity index (χ0n) is 14.3. The molecule has 0 aliphatic heterocycles. The molecule has 130 valence electrons. The van der Waals surface area contributed by atoms with E-state index < -0.39 is 0 Å². The van der Waals surface area contributed by atoms with E-state index in [1.807, 2.05) is 56.7 Å². The Balaban J connectivity index is 1.73. The van der Waals surface area contributed by atoms with Gasteiger partial charge in [-0.2, -0.15) is 0 Å². The van der Waals surface area contributed by atoms with E-state index in [9.17, 15) is 4.79 Å². The maximum Gasteiger partial charge on any atom is 0.239 e. The van der Waals surface area contributed by atoms with Crippen LogP contribution in [-0.2, 0) is 11.8 Å². The van der Waals surface area contributed by atoms with Gasteiger partial charge in [0, 0.05) is 12.6 Å². The van der Waals surface area contributed by atoms with Gasteiger partial charge in [0.2, 0.25) is 11.0 Å². The monoisotopic (exact) mass is 374 g/mol. The van der Waals surface area contributed by atoms with Crippen molar-refractivity contribution in [3.05, 3.63) is 34.8 Å². The summed E-state index contributed by atoms with van der Waals surface area (Å²) < 4.78 is 1.91. The Labute approximate surface area is 153 Å². The van der Waals surface area contributed by atoms with Crippen LogP contribution in [0.2, 0.25) is 0 Å². The summed E-state index contributed by atoms with van der Waals surface area (Å²) in [5.74, 6) is 0.648. The Hall–Kier alpha value is -2.26. The van der Waals surface area contributed by atoms with E-state index in [2.05, 4.69) is 25.7 Å². The Morgan fingerprint density at radius 1 is 1.20 bits per heavy atom. The number of carbonyl (C=O) groups is 1. The Morgan fingerprint density at radius 2 is 1.96 bits per heavy atom. The third-order valence-electron chi connectivity index (χ3n) is 3.63. The second-order valence-electron chi connectivity index (χ2n) is 5.56. The molecule has 0 bridgehead atoms. The molecule has 1 amide bonds. The Kier molecular flexibility index (Phi) is 5.14. The number of carbonyl (C=O) groups excluding carboxylic acids is 1. The summed E-state index contributed by atoms with van der Waals surface area (Å²) in [6.45, 7) is 5.71. The van der Waals surface area contributed by atoms with E-state index in [0.29, 0.717) is 10.3 Å². The summed E-state index contributed by atoms with van der Waals surface area (Å²) in [7, 11) is 1.91. The minimum Gasteiger partial charge on any atom is -0.305 e. The zero-order valence-corrected chi connectivity index (χ0v) is 16.0. The van der Waals surface area contributed by atoms with Crippen LogP contribution in [0, 0.1) is 13.8 Å². The fourth-order valence-corrected chi connectivity index (χ4v) is 3.65. The molecule has 2 heterocycles. The third kappa shape index (κ3) is 3.88. The van der Waals surface area contributed by atoms with E-state index in [0.717, 1.165) is 22.0 Å².